The van der Waals surface area contributed by atoms with Crippen LogP contribution in [-0.4, -0.2) is 37.8 Å². The normalized spacial score (nSPS) is 11.1. The minimum Gasteiger partial charge on any atom is -0.379 e. The fourth-order valence-corrected chi connectivity index (χ4v) is 1.57. The summed E-state index contributed by atoms with van der Waals surface area (Å²) in [4.78, 5) is 0. The zero-order valence-corrected chi connectivity index (χ0v) is 10.7. The summed E-state index contributed by atoms with van der Waals surface area (Å²) in [6.07, 6.45) is 6.22. The Kier molecular flexibility index (Phi) is 11.6. The molecule has 0 saturated heterocycles. The average Bonchev–Trinajstić information content (AvgIpc) is 2.15. The molecule has 0 aliphatic rings. The molecule has 0 aliphatic carbocycles. The van der Waals surface area contributed by atoms with Crippen LogP contribution in [0.25, 0.3) is 0 Å². The standard InChI is InChI=1S/C11H25NOS/c1-11(2)13-9-5-4-7-12-8-6-10-14-3/h11-12H,4-10H2,1-3H3. The molecule has 2 nitrogen and oxygen atoms in total. The van der Waals surface area contributed by atoms with E-state index in [0.717, 1.165) is 19.7 Å². The van der Waals surface area contributed by atoms with Crippen LogP contribution < -0.4 is 5.32 Å². The third-order valence-corrected chi connectivity index (χ3v) is 2.60. The topological polar surface area (TPSA) is 21.3 Å². The Morgan fingerprint density at radius 2 is 1.86 bits per heavy atom. The van der Waals surface area contributed by atoms with Gasteiger partial charge < -0.3 is 10.1 Å². The lowest BCUT2D eigenvalue weighted by Crippen LogP contribution is -2.17. The summed E-state index contributed by atoms with van der Waals surface area (Å²) >= 11 is 1.92. The highest BCUT2D eigenvalue weighted by Gasteiger charge is 1.93. The molecule has 0 rings (SSSR count). The molecule has 0 aromatic heterocycles. The summed E-state index contributed by atoms with van der Waals surface area (Å²) in [5.41, 5.74) is 0. The molecule has 86 valence electrons. The van der Waals surface area contributed by atoms with Crippen LogP contribution in [0.3, 0.4) is 0 Å². The van der Waals surface area contributed by atoms with E-state index in [9.17, 15) is 0 Å². The van der Waals surface area contributed by atoms with E-state index in [-0.39, 0.29) is 0 Å². The van der Waals surface area contributed by atoms with Gasteiger partial charge in [0, 0.05) is 6.61 Å². The van der Waals surface area contributed by atoms with Gasteiger partial charge in [0.25, 0.3) is 0 Å². The van der Waals surface area contributed by atoms with Crippen molar-refractivity contribution >= 4 is 11.8 Å². The average molecular weight is 219 g/mol. The van der Waals surface area contributed by atoms with E-state index in [1.165, 1.54) is 25.0 Å². The lowest BCUT2D eigenvalue weighted by atomic mass is 10.3. The maximum Gasteiger partial charge on any atom is 0.0518 e. The maximum atomic E-state index is 5.46. The first-order valence-corrected chi connectivity index (χ1v) is 6.98. The largest absolute Gasteiger partial charge is 0.379 e. The van der Waals surface area contributed by atoms with E-state index in [2.05, 4.69) is 25.4 Å². The van der Waals surface area contributed by atoms with Crippen molar-refractivity contribution in [1.82, 2.24) is 5.32 Å². The number of rotatable bonds is 10. The molecular formula is C11H25NOS. The predicted octanol–water partition coefficient (Wildman–Crippen LogP) is 2.53. The van der Waals surface area contributed by atoms with Crippen LogP contribution in [0.1, 0.15) is 33.1 Å². The first-order valence-electron chi connectivity index (χ1n) is 5.58. The second-order valence-electron chi connectivity index (χ2n) is 3.72. The first kappa shape index (κ1) is 14.3. The maximum absolute atomic E-state index is 5.46. The van der Waals surface area contributed by atoms with Crippen LogP contribution in [0.5, 0.6) is 0 Å². The van der Waals surface area contributed by atoms with Crippen LogP contribution in [0.4, 0.5) is 0 Å². The Morgan fingerprint density at radius 3 is 2.50 bits per heavy atom. The fraction of sp³-hybridized carbons (Fsp3) is 1.00. The molecule has 0 amide bonds. The molecule has 14 heavy (non-hydrogen) atoms. The number of unbranched alkanes of at least 4 members (excludes halogenated alkanes) is 1. The second-order valence-corrected chi connectivity index (χ2v) is 4.71. The molecule has 0 spiro atoms. The minimum atomic E-state index is 0.379. The summed E-state index contributed by atoms with van der Waals surface area (Å²) in [5.74, 6) is 1.27. The van der Waals surface area contributed by atoms with Crippen molar-refractivity contribution in [3.05, 3.63) is 0 Å². The third kappa shape index (κ3) is 12.3. The highest BCUT2D eigenvalue weighted by Crippen LogP contribution is 1.95. The number of hydrogen-bond donors (Lipinski definition) is 1. The molecule has 0 aromatic rings. The minimum absolute atomic E-state index is 0.379. The first-order chi connectivity index (χ1) is 6.77. The van der Waals surface area contributed by atoms with Crippen molar-refractivity contribution < 1.29 is 4.74 Å². The van der Waals surface area contributed by atoms with Gasteiger partial charge in [-0.15, -0.1) is 0 Å². The smallest absolute Gasteiger partial charge is 0.0518 e. The van der Waals surface area contributed by atoms with Crippen LogP contribution in [-0.2, 0) is 4.74 Å². The van der Waals surface area contributed by atoms with Gasteiger partial charge in [0.1, 0.15) is 0 Å². The second kappa shape index (κ2) is 11.3. The summed E-state index contributed by atoms with van der Waals surface area (Å²) in [7, 11) is 0. The van der Waals surface area contributed by atoms with Crippen molar-refractivity contribution in [3.63, 3.8) is 0 Å². The van der Waals surface area contributed by atoms with Crippen molar-refractivity contribution in [1.29, 1.82) is 0 Å². The van der Waals surface area contributed by atoms with Gasteiger partial charge in [-0.3, -0.25) is 0 Å². The summed E-state index contributed by atoms with van der Waals surface area (Å²) in [5, 5.41) is 3.44. The lowest BCUT2D eigenvalue weighted by Gasteiger charge is -2.07. The van der Waals surface area contributed by atoms with Gasteiger partial charge in [-0.25, -0.2) is 0 Å². The summed E-state index contributed by atoms with van der Waals surface area (Å²) < 4.78 is 5.46. The Balaban J connectivity index is 2.85. The molecule has 3 heteroatoms. The molecule has 0 unspecified atom stereocenters. The molecule has 0 aromatic carbocycles. The van der Waals surface area contributed by atoms with Crippen molar-refractivity contribution in [3.8, 4) is 0 Å². The van der Waals surface area contributed by atoms with Gasteiger partial charge >= 0.3 is 0 Å². The van der Waals surface area contributed by atoms with Gasteiger partial charge in [0.15, 0.2) is 0 Å². The van der Waals surface area contributed by atoms with Gasteiger partial charge in [0.2, 0.25) is 0 Å². The SMILES string of the molecule is CSCCCNCCCCOC(C)C. The highest BCUT2D eigenvalue weighted by molar-refractivity contribution is 7.98. The number of nitrogens with one attached hydrogen (secondary N) is 1. The Morgan fingerprint density at radius 1 is 1.14 bits per heavy atom. The Labute approximate surface area is 93.2 Å². The molecule has 0 fully saturated rings. The molecule has 0 radical (unpaired) electrons. The predicted molar refractivity (Wildman–Crippen MR) is 66.2 cm³/mol. The van der Waals surface area contributed by atoms with E-state index in [1.54, 1.807) is 0 Å². The molecule has 1 N–H and O–H groups in total. The van der Waals surface area contributed by atoms with Gasteiger partial charge in [-0.05, 0) is 58.2 Å². The molecule has 0 heterocycles. The zero-order valence-electron chi connectivity index (χ0n) is 9.84. The Hall–Kier alpha value is 0.270. The fourth-order valence-electron chi connectivity index (χ4n) is 1.14. The van der Waals surface area contributed by atoms with Crippen molar-refractivity contribution in [2.75, 3.05) is 31.7 Å². The highest BCUT2D eigenvalue weighted by atomic mass is 32.2. The molecule has 0 bridgehead atoms. The van der Waals surface area contributed by atoms with Crippen LogP contribution >= 0.6 is 11.8 Å². The molecular weight excluding hydrogens is 194 g/mol. The van der Waals surface area contributed by atoms with Gasteiger partial charge in [-0.1, -0.05) is 0 Å². The molecule has 0 saturated carbocycles. The van der Waals surface area contributed by atoms with Crippen molar-refractivity contribution in [2.45, 2.75) is 39.2 Å². The van der Waals surface area contributed by atoms with E-state index in [0.29, 0.717) is 6.10 Å². The van der Waals surface area contributed by atoms with Crippen molar-refractivity contribution in [2.24, 2.45) is 0 Å². The van der Waals surface area contributed by atoms with E-state index >= 15 is 0 Å². The molecule has 0 atom stereocenters. The monoisotopic (exact) mass is 219 g/mol. The summed E-state index contributed by atoms with van der Waals surface area (Å²) in [6.45, 7) is 7.37. The Bertz CT molecular complexity index is 109. The van der Waals surface area contributed by atoms with E-state index < -0.39 is 0 Å². The van der Waals surface area contributed by atoms with E-state index in [4.69, 9.17) is 4.74 Å². The van der Waals surface area contributed by atoms with Gasteiger partial charge in [-0.2, -0.15) is 11.8 Å². The number of ether oxygens (including phenoxy) is 1. The third-order valence-electron chi connectivity index (χ3n) is 1.90. The zero-order chi connectivity index (χ0) is 10.6. The van der Waals surface area contributed by atoms with E-state index in [1.807, 2.05) is 11.8 Å². The van der Waals surface area contributed by atoms with Gasteiger partial charge in [0.05, 0.1) is 6.10 Å². The van der Waals surface area contributed by atoms with Crippen LogP contribution in [0, 0.1) is 0 Å². The number of hydrogen-bond acceptors (Lipinski definition) is 3. The van der Waals surface area contributed by atoms with Crippen LogP contribution in [0.15, 0.2) is 0 Å². The number of thioether (sulfide) groups is 1. The summed E-state index contributed by atoms with van der Waals surface area (Å²) in [6, 6.07) is 0. The molecule has 0 aliphatic heterocycles. The lowest BCUT2D eigenvalue weighted by molar-refractivity contribution is 0.0760. The quantitative estimate of drug-likeness (QED) is 0.571. The van der Waals surface area contributed by atoms with Crippen LogP contribution in [0.2, 0.25) is 0 Å².